The van der Waals surface area contributed by atoms with Crippen LogP contribution in [0.4, 0.5) is 0 Å². The average molecular weight is 228 g/mol. The van der Waals surface area contributed by atoms with Crippen molar-refractivity contribution in [2.75, 3.05) is 0 Å². The predicted molar refractivity (Wildman–Crippen MR) is 60.8 cm³/mol. The predicted octanol–water partition coefficient (Wildman–Crippen LogP) is 0.116. The van der Waals surface area contributed by atoms with Crippen LogP contribution in [-0.4, -0.2) is 43.8 Å². The quantitative estimate of drug-likeness (QED) is 0.541. The summed E-state index contributed by atoms with van der Waals surface area (Å²) < 4.78 is 0. The van der Waals surface area contributed by atoms with Crippen molar-refractivity contribution in [1.29, 1.82) is 0 Å². The molecule has 0 spiro atoms. The van der Waals surface area contributed by atoms with Crippen LogP contribution in [0.3, 0.4) is 0 Å². The van der Waals surface area contributed by atoms with Crippen molar-refractivity contribution in [3.63, 3.8) is 0 Å². The molecule has 0 aromatic carbocycles. The van der Waals surface area contributed by atoms with Crippen LogP contribution in [0.5, 0.6) is 0 Å². The highest BCUT2D eigenvalue weighted by molar-refractivity contribution is 5.30. The third-order valence-corrected chi connectivity index (χ3v) is 2.66. The van der Waals surface area contributed by atoms with Gasteiger partial charge in [0.05, 0.1) is 17.3 Å². The zero-order chi connectivity index (χ0) is 12.6. The molecule has 0 fully saturated rings. The van der Waals surface area contributed by atoms with E-state index in [4.69, 9.17) is 0 Å². The fourth-order valence-electron chi connectivity index (χ4n) is 1.57. The standard InChI is InChI=1S/C12H20O4/c1-11(2,15)5-4-8-6-10(14)12(3,16)7-9(8)13/h4-6,9-10,13-16H,7H2,1-3H3/b5-4+/t9-,10+,12+/m1/s1. The van der Waals surface area contributed by atoms with Gasteiger partial charge in [0.15, 0.2) is 0 Å². The molecule has 16 heavy (non-hydrogen) atoms. The summed E-state index contributed by atoms with van der Waals surface area (Å²) in [4.78, 5) is 0. The minimum Gasteiger partial charge on any atom is -0.388 e. The minimum absolute atomic E-state index is 0.0796. The highest BCUT2D eigenvalue weighted by Gasteiger charge is 2.36. The zero-order valence-corrected chi connectivity index (χ0v) is 9.88. The lowest BCUT2D eigenvalue weighted by atomic mass is 9.82. The maximum atomic E-state index is 9.75. The summed E-state index contributed by atoms with van der Waals surface area (Å²) in [5, 5.41) is 38.6. The largest absolute Gasteiger partial charge is 0.388 e. The van der Waals surface area contributed by atoms with Crippen LogP contribution in [0, 0.1) is 0 Å². The van der Waals surface area contributed by atoms with E-state index in [1.807, 2.05) is 0 Å². The Kier molecular flexibility index (Phi) is 3.59. The summed E-state index contributed by atoms with van der Waals surface area (Å²) in [5.41, 5.74) is -1.75. The van der Waals surface area contributed by atoms with E-state index in [2.05, 4.69) is 0 Å². The van der Waals surface area contributed by atoms with E-state index in [0.717, 1.165) is 0 Å². The Labute approximate surface area is 95.5 Å². The summed E-state index contributed by atoms with van der Waals surface area (Å²) >= 11 is 0. The Morgan fingerprint density at radius 2 is 2.00 bits per heavy atom. The lowest BCUT2D eigenvalue weighted by Crippen LogP contribution is -2.45. The lowest BCUT2D eigenvalue weighted by molar-refractivity contribution is -0.0706. The summed E-state index contributed by atoms with van der Waals surface area (Å²) in [6.07, 6.45) is 2.78. The first-order chi connectivity index (χ1) is 7.12. The fourth-order valence-corrected chi connectivity index (χ4v) is 1.57. The van der Waals surface area contributed by atoms with Gasteiger partial charge in [-0.1, -0.05) is 12.2 Å². The molecular formula is C12H20O4. The van der Waals surface area contributed by atoms with Crippen LogP contribution in [0.15, 0.2) is 23.8 Å². The van der Waals surface area contributed by atoms with E-state index in [9.17, 15) is 20.4 Å². The van der Waals surface area contributed by atoms with E-state index in [1.165, 1.54) is 19.1 Å². The van der Waals surface area contributed by atoms with Gasteiger partial charge in [-0.05, 0) is 32.4 Å². The van der Waals surface area contributed by atoms with E-state index >= 15 is 0 Å². The molecule has 0 heterocycles. The second kappa shape index (κ2) is 4.30. The number of hydrogen-bond acceptors (Lipinski definition) is 4. The third-order valence-electron chi connectivity index (χ3n) is 2.66. The first-order valence-corrected chi connectivity index (χ1v) is 5.34. The maximum absolute atomic E-state index is 9.75. The van der Waals surface area contributed by atoms with Crippen LogP contribution >= 0.6 is 0 Å². The van der Waals surface area contributed by atoms with Gasteiger partial charge in [0, 0.05) is 6.42 Å². The summed E-state index contributed by atoms with van der Waals surface area (Å²) in [6, 6.07) is 0. The third kappa shape index (κ3) is 3.42. The summed E-state index contributed by atoms with van der Waals surface area (Å²) in [5.74, 6) is 0. The molecule has 4 N–H and O–H groups in total. The van der Waals surface area contributed by atoms with Crippen LogP contribution in [0.1, 0.15) is 27.2 Å². The Morgan fingerprint density at radius 3 is 2.50 bits per heavy atom. The highest BCUT2D eigenvalue weighted by atomic mass is 16.3. The molecule has 1 aliphatic carbocycles. The Morgan fingerprint density at radius 1 is 1.44 bits per heavy atom. The highest BCUT2D eigenvalue weighted by Crippen LogP contribution is 2.28. The molecule has 4 nitrogen and oxygen atoms in total. The Balaban J connectivity index is 2.87. The van der Waals surface area contributed by atoms with E-state index < -0.39 is 23.4 Å². The van der Waals surface area contributed by atoms with Crippen molar-refractivity contribution < 1.29 is 20.4 Å². The maximum Gasteiger partial charge on any atom is 0.101 e. The molecule has 0 aliphatic heterocycles. The molecule has 0 amide bonds. The first-order valence-electron chi connectivity index (χ1n) is 5.34. The summed E-state index contributed by atoms with van der Waals surface area (Å²) in [6.45, 7) is 4.71. The van der Waals surface area contributed by atoms with Gasteiger partial charge in [0.1, 0.15) is 6.10 Å². The van der Waals surface area contributed by atoms with Gasteiger partial charge in [-0.25, -0.2) is 0 Å². The average Bonchev–Trinajstić information content (AvgIpc) is 2.07. The SMILES string of the molecule is CC(C)(O)/C=C/C1=C[C@H](O)[C@@](C)(O)C[C@H]1O. The van der Waals surface area contributed by atoms with Gasteiger partial charge in [-0.2, -0.15) is 0 Å². The topological polar surface area (TPSA) is 80.9 Å². The molecule has 0 saturated heterocycles. The Bertz CT molecular complexity index is 309. The van der Waals surface area contributed by atoms with Crippen LogP contribution in [-0.2, 0) is 0 Å². The second-order valence-electron chi connectivity index (χ2n) is 5.18. The van der Waals surface area contributed by atoms with Gasteiger partial charge < -0.3 is 20.4 Å². The van der Waals surface area contributed by atoms with E-state index in [1.54, 1.807) is 19.9 Å². The molecule has 1 rings (SSSR count). The molecule has 0 saturated carbocycles. The van der Waals surface area contributed by atoms with Gasteiger partial charge >= 0.3 is 0 Å². The molecule has 0 aromatic rings. The molecule has 0 aromatic heterocycles. The summed E-state index contributed by atoms with van der Waals surface area (Å²) in [7, 11) is 0. The van der Waals surface area contributed by atoms with Gasteiger partial charge in [0.25, 0.3) is 0 Å². The van der Waals surface area contributed by atoms with Gasteiger partial charge in [0.2, 0.25) is 0 Å². The van der Waals surface area contributed by atoms with E-state index in [-0.39, 0.29) is 6.42 Å². The number of rotatable bonds is 2. The fraction of sp³-hybridized carbons (Fsp3) is 0.667. The molecule has 92 valence electrons. The molecule has 3 atom stereocenters. The zero-order valence-electron chi connectivity index (χ0n) is 9.88. The second-order valence-corrected chi connectivity index (χ2v) is 5.18. The van der Waals surface area contributed by atoms with Gasteiger partial charge in [-0.15, -0.1) is 0 Å². The van der Waals surface area contributed by atoms with Gasteiger partial charge in [-0.3, -0.25) is 0 Å². The van der Waals surface area contributed by atoms with Crippen molar-refractivity contribution in [1.82, 2.24) is 0 Å². The van der Waals surface area contributed by atoms with Crippen molar-refractivity contribution in [2.24, 2.45) is 0 Å². The normalized spacial score (nSPS) is 36.6. The molecule has 1 aliphatic rings. The van der Waals surface area contributed by atoms with Crippen LogP contribution in [0.25, 0.3) is 0 Å². The number of aliphatic hydroxyl groups is 4. The molecular weight excluding hydrogens is 208 g/mol. The Hall–Kier alpha value is -0.680. The molecule has 0 bridgehead atoms. The smallest absolute Gasteiger partial charge is 0.101 e. The van der Waals surface area contributed by atoms with Crippen LogP contribution < -0.4 is 0 Å². The number of aliphatic hydroxyl groups excluding tert-OH is 2. The first kappa shape index (κ1) is 13.4. The number of hydrogen-bond donors (Lipinski definition) is 4. The van der Waals surface area contributed by atoms with Crippen molar-refractivity contribution in [3.05, 3.63) is 23.8 Å². The molecule has 0 radical (unpaired) electrons. The monoisotopic (exact) mass is 228 g/mol. The van der Waals surface area contributed by atoms with Crippen molar-refractivity contribution in [3.8, 4) is 0 Å². The van der Waals surface area contributed by atoms with E-state index in [0.29, 0.717) is 5.57 Å². The van der Waals surface area contributed by atoms with Crippen molar-refractivity contribution >= 4 is 0 Å². The van der Waals surface area contributed by atoms with Crippen molar-refractivity contribution in [2.45, 2.75) is 50.6 Å². The molecule has 0 unspecified atom stereocenters. The molecule has 4 heteroatoms. The lowest BCUT2D eigenvalue weighted by Gasteiger charge is -2.34. The van der Waals surface area contributed by atoms with Crippen LogP contribution in [0.2, 0.25) is 0 Å². The minimum atomic E-state index is -1.30.